The van der Waals surface area contributed by atoms with E-state index in [1.807, 2.05) is 0 Å². The standard InChI is InChI=1S/C20H27N/c1-15-7-11-17(12-8-15)19(3,4)21-20(5,6)18-13-9-16(2)10-14-18/h7-14,21H,1-6H3. The van der Waals surface area contributed by atoms with Gasteiger partial charge in [-0.05, 0) is 52.7 Å². The molecule has 21 heavy (non-hydrogen) atoms. The normalized spacial score (nSPS) is 12.5. The molecule has 2 aromatic rings. The van der Waals surface area contributed by atoms with E-state index in [0.29, 0.717) is 0 Å². The fourth-order valence-corrected chi connectivity index (χ4v) is 2.87. The van der Waals surface area contributed by atoms with Crippen molar-refractivity contribution >= 4 is 0 Å². The zero-order valence-electron chi connectivity index (χ0n) is 14.1. The van der Waals surface area contributed by atoms with E-state index in [-0.39, 0.29) is 11.1 Å². The van der Waals surface area contributed by atoms with Crippen molar-refractivity contribution in [1.82, 2.24) is 5.32 Å². The summed E-state index contributed by atoms with van der Waals surface area (Å²) in [5, 5.41) is 3.80. The minimum Gasteiger partial charge on any atom is -0.299 e. The molecular formula is C20H27N. The van der Waals surface area contributed by atoms with Gasteiger partial charge in [-0.2, -0.15) is 0 Å². The van der Waals surface area contributed by atoms with Gasteiger partial charge in [-0.3, -0.25) is 5.32 Å². The first-order chi connectivity index (χ1) is 9.71. The molecule has 0 unspecified atom stereocenters. The first-order valence-corrected chi connectivity index (χ1v) is 7.64. The maximum absolute atomic E-state index is 3.80. The molecule has 0 saturated carbocycles. The quantitative estimate of drug-likeness (QED) is 0.825. The van der Waals surface area contributed by atoms with E-state index in [9.17, 15) is 0 Å². The van der Waals surface area contributed by atoms with Crippen LogP contribution in [0.15, 0.2) is 48.5 Å². The van der Waals surface area contributed by atoms with Gasteiger partial charge >= 0.3 is 0 Å². The minimum absolute atomic E-state index is 0.0813. The number of benzene rings is 2. The third-order valence-electron chi connectivity index (χ3n) is 4.17. The second kappa shape index (κ2) is 5.65. The summed E-state index contributed by atoms with van der Waals surface area (Å²) in [6.45, 7) is 13.2. The van der Waals surface area contributed by atoms with Gasteiger partial charge in [0.2, 0.25) is 0 Å². The van der Waals surface area contributed by atoms with Gasteiger partial charge in [0.25, 0.3) is 0 Å². The van der Waals surface area contributed by atoms with Crippen LogP contribution in [0.2, 0.25) is 0 Å². The van der Waals surface area contributed by atoms with E-state index in [4.69, 9.17) is 0 Å². The third kappa shape index (κ3) is 3.74. The molecule has 0 aromatic heterocycles. The summed E-state index contributed by atoms with van der Waals surface area (Å²) in [5.74, 6) is 0. The SMILES string of the molecule is Cc1ccc(C(C)(C)NC(C)(C)c2ccc(C)cc2)cc1. The molecule has 0 amide bonds. The van der Waals surface area contributed by atoms with Gasteiger partial charge in [0, 0.05) is 11.1 Å². The predicted molar refractivity (Wildman–Crippen MR) is 91.5 cm³/mol. The van der Waals surface area contributed by atoms with E-state index >= 15 is 0 Å². The lowest BCUT2D eigenvalue weighted by Crippen LogP contribution is -2.48. The van der Waals surface area contributed by atoms with Gasteiger partial charge in [0.05, 0.1) is 0 Å². The highest BCUT2D eigenvalue weighted by Crippen LogP contribution is 2.29. The molecule has 1 heteroatoms. The first-order valence-electron chi connectivity index (χ1n) is 7.64. The molecule has 2 rings (SSSR count). The Morgan fingerprint density at radius 3 is 1.14 bits per heavy atom. The second-order valence-corrected chi connectivity index (χ2v) is 7.11. The Morgan fingerprint density at radius 1 is 0.571 bits per heavy atom. The Hall–Kier alpha value is -1.60. The predicted octanol–water partition coefficient (Wildman–Crippen LogP) is 5.06. The zero-order valence-corrected chi connectivity index (χ0v) is 14.1. The average molecular weight is 281 g/mol. The van der Waals surface area contributed by atoms with Crippen molar-refractivity contribution in [2.24, 2.45) is 0 Å². The molecule has 0 heterocycles. The second-order valence-electron chi connectivity index (χ2n) is 7.11. The Labute approximate surface area is 129 Å². The smallest absolute Gasteiger partial charge is 0.0384 e. The Kier molecular flexibility index (Phi) is 4.25. The Morgan fingerprint density at radius 2 is 0.857 bits per heavy atom. The van der Waals surface area contributed by atoms with Crippen molar-refractivity contribution in [2.45, 2.75) is 52.6 Å². The molecule has 1 N–H and O–H groups in total. The summed E-state index contributed by atoms with van der Waals surface area (Å²) in [7, 11) is 0. The molecule has 1 nitrogen and oxygen atoms in total. The van der Waals surface area contributed by atoms with Crippen molar-refractivity contribution < 1.29 is 0 Å². The molecule has 0 atom stereocenters. The van der Waals surface area contributed by atoms with Crippen LogP contribution in [0.5, 0.6) is 0 Å². The number of hydrogen-bond donors (Lipinski definition) is 1. The zero-order chi connectivity index (χ0) is 15.7. The molecular weight excluding hydrogens is 254 g/mol. The summed E-state index contributed by atoms with van der Waals surface area (Å²) in [6.07, 6.45) is 0. The molecule has 0 fully saturated rings. The van der Waals surface area contributed by atoms with Gasteiger partial charge in [-0.1, -0.05) is 59.7 Å². The van der Waals surface area contributed by atoms with Crippen LogP contribution in [-0.4, -0.2) is 0 Å². The highest BCUT2D eigenvalue weighted by molar-refractivity contribution is 5.30. The van der Waals surface area contributed by atoms with Crippen molar-refractivity contribution in [1.29, 1.82) is 0 Å². The molecule has 0 aliphatic rings. The fourth-order valence-electron chi connectivity index (χ4n) is 2.87. The lowest BCUT2D eigenvalue weighted by molar-refractivity contribution is 0.271. The first kappa shape index (κ1) is 15.8. The van der Waals surface area contributed by atoms with E-state index < -0.39 is 0 Å². The number of aryl methyl sites for hydroxylation is 2. The van der Waals surface area contributed by atoms with E-state index in [0.717, 1.165) is 0 Å². The van der Waals surface area contributed by atoms with E-state index in [1.54, 1.807) is 0 Å². The minimum atomic E-state index is -0.0813. The monoisotopic (exact) mass is 281 g/mol. The van der Waals surface area contributed by atoms with Gasteiger partial charge < -0.3 is 0 Å². The van der Waals surface area contributed by atoms with E-state index in [1.165, 1.54) is 22.3 Å². The van der Waals surface area contributed by atoms with Gasteiger partial charge in [-0.15, -0.1) is 0 Å². The fraction of sp³-hybridized carbons (Fsp3) is 0.400. The van der Waals surface area contributed by atoms with Crippen LogP contribution in [0.25, 0.3) is 0 Å². The maximum atomic E-state index is 3.80. The highest BCUT2D eigenvalue weighted by Gasteiger charge is 2.30. The summed E-state index contributed by atoms with van der Waals surface area (Å²) >= 11 is 0. The molecule has 0 radical (unpaired) electrons. The van der Waals surface area contributed by atoms with Gasteiger partial charge in [0.1, 0.15) is 0 Å². The van der Waals surface area contributed by atoms with Crippen LogP contribution < -0.4 is 5.32 Å². The molecule has 0 aliphatic carbocycles. The summed E-state index contributed by atoms with van der Waals surface area (Å²) in [4.78, 5) is 0. The van der Waals surface area contributed by atoms with Crippen molar-refractivity contribution in [2.75, 3.05) is 0 Å². The molecule has 0 aliphatic heterocycles. The Bertz CT molecular complexity index is 533. The average Bonchev–Trinajstić information content (AvgIpc) is 2.38. The molecule has 0 saturated heterocycles. The van der Waals surface area contributed by atoms with Crippen molar-refractivity contribution in [3.63, 3.8) is 0 Å². The van der Waals surface area contributed by atoms with Gasteiger partial charge in [-0.25, -0.2) is 0 Å². The maximum Gasteiger partial charge on any atom is 0.0384 e. The molecule has 2 aromatic carbocycles. The lowest BCUT2D eigenvalue weighted by atomic mass is 9.86. The van der Waals surface area contributed by atoms with Gasteiger partial charge in [0.15, 0.2) is 0 Å². The van der Waals surface area contributed by atoms with E-state index in [2.05, 4.69) is 95.4 Å². The number of nitrogens with one attached hydrogen (secondary N) is 1. The highest BCUT2D eigenvalue weighted by atomic mass is 15.0. The Balaban J connectivity index is 2.25. The van der Waals surface area contributed by atoms with Crippen LogP contribution in [0.3, 0.4) is 0 Å². The molecule has 0 spiro atoms. The van der Waals surface area contributed by atoms with Crippen LogP contribution >= 0.6 is 0 Å². The largest absolute Gasteiger partial charge is 0.299 e. The van der Waals surface area contributed by atoms with Crippen LogP contribution in [0, 0.1) is 13.8 Å². The summed E-state index contributed by atoms with van der Waals surface area (Å²) < 4.78 is 0. The van der Waals surface area contributed by atoms with Crippen LogP contribution in [-0.2, 0) is 11.1 Å². The summed E-state index contributed by atoms with van der Waals surface area (Å²) in [5.41, 5.74) is 5.06. The number of hydrogen-bond acceptors (Lipinski definition) is 1. The third-order valence-corrected chi connectivity index (χ3v) is 4.17. The number of rotatable bonds is 4. The van der Waals surface area contributed by atoms with Crippen LogP contribution in [0.4, 0.5) is 0 Å². The van der Waals surface area contributed by atoms with Crippen molar-refractivity contribution in [3.8, 4) is 0 Å². The van der Waals surface area contributed by atoms with Crippen LogP contribution in [0.1, 0.15) is 49.9 Å². The topological polar surface area (TPSA) is 12.0 Å². The lowest BCUT2D eigenvalue weighted by Gasteiger charge is -2.38. The van der Waals surface area contributed by atoms with Crippen molar-refractivity contribution in [3.05, 3.63) is 70.8 Å². The summed E-state index contributed by atoms with van der Waals surface area (Å²) in [6, 6.07) is 17.6. The molecule has 112 valence electrons. The molecule has 0 bridgehead atoms.